The van der Waals surface area contributed by atoms with Gasteiger partial charge in [-0.25, -0.2) is 8.42 Å². The maximum absolute atomic E-state index is 13.7. The van der Waals surface area contributed by atoms with E-state index in [0.29, 0.717) is 12.2 Å². The highest BCUT2D eigenvalue weighted by atomic mass is 32.2. The number of nitrogens with one attached hydrogen (secondary N) is 1. The normalized spacial score (nSPS) is 22.4. The quantitative estimate of drug-likeness (QED) is 0.273. The number of carbonyl (C=O) groups is 1. The summed E-state index contributed by atoms with van der Waals surface area (Å²) < 4.78 is 52.6. The lowest BCUT2D eigenvalue weighted by Crippen LogP contribution is -2.67. The molecular weight excluding hydrogens is 554 g/mol. The number of hydrogen-bond donors (Lipinski definition) is 1. The van der Waals surface area contributed by atoms with Gasteiger partial charge in [0.1, 0.15) is 18.3 Å². The molecule has 0 bridgehead atoms. The SMILES string of the molecule is C=C(C)CS(=O)(=O)C1O[C@H](COCc2ccccc2)[C@@H](OCc2ccccc2)[C@H](OCc2ccccc2)[C@H]1NC(C)=O. The second-order valence-corrected chi connectivity index (χ2v) is 12.6. The summed E-state index contributed by atoms with van der Waals surface area (Å²) in [7, 11) is -3.92. The zero-order chi connectivity index (χ0) is 30.0. The molecule has 4 rings (SSSR count). The molecule has 9 heteroatoms. The number of amides is 1. The standard InChI is InChI=1S/C33H39NO7S/c1-24(2)23-42(36,37)33-30(34-25(3)35)32(40-21-28-17-11-6-12-18-28)31(39-20-27-15-9-5-10-16-27)29(41-33)22-38-19-26-13-7-4-8-14-26/h4-18,29-33H,1,19-23H2,2-3H3,(H,34,35)/t29-,30-,31-,32-,33?/m1/s1. The average Bonchev–Trinajstić information content (AvgIpc) is 2.96. The fourth-order valence-corrected chi connectivity index (χ4v) is 6.79. The Balaban J connectivity index is 1.68. The van der Waals surface area contributed by atoms with Crippen molar-refractivity contribution in [2.45, 2.75) is 63.5 Å². The van der Waals surface area contributed by atoms with Gasteiger partial charge in [0.25, 0.3) is 0 Å². The number of rotatable bonds is 14. The van der Waals surface area contributed by atoms with Gasteiger partial charge in [-0.3, -0.25) is 4.79 Å². The zero-order valence-corrected chi connectivity index (χ0v) is 24.9. The molecule has 0 saturated carbocycles. The minimum atomic E-state index is -3.92. The van der Waals surface area contributed by atoms with E-state index < -0.39 is 45.5 Å². The van der Waals surface area contributed by atoms with E-state index in [9.17, 15) is 13.2 Å². The van der Waals surface area contributed by atoms with Crippen LogP contribution < -0.4 is 5.32 Å². The second kappa shape index (κ2) is 15.2. The van der Waals surface area contributed by atoms with Crippen LogP contribution in [0.15, 0.2) is 103 Å². The smallest absolute Gasteiger partial charge is 0.217 e. The van der Waals surface area contributed by atoms with Crippen LogP contribution in [-0.2, 0) is 53.4 Å². The molecule has 3 aromatic rings. The van der Waals surface area contributed by atoms with Gasteiger partial charge >= 0.3 is 0 Å². The van der Waals surface area contributed by atoms with Crippen molar-refractivity contribution in [1.29, 1.82) is 0 Å². The van der Waals surface area contributed by atoms with Crippen LogP contribution in [0.2, 0.25) is 0 Å². The molecule has 1 aliphatic heterocycles. The lowest BCUT2D eigenvalue weighted by atomic mass is 9.97. The maximum Gasteiger partial charge on any atom is 0.217 e. The van der Waals surface area contributed by atoms with Crippen molar-refractivity contribution in [3.63, 3.8) is 0 Å². The molecular formula is C33H39NO7S. The zero-order valence-electron chi connectivity index (χ0n) is 24.1. The molecule has 8 nitrogen and oxygen atoms in total. The summed E-state index contributed by atoms with van der Waals surface area (Å²) in [5.74, 6) is -0.709. The summed E-state index contributed by atoms with van der Waals surface area (Å²) >= 11 is 0. The summed E-state index contributed by atoms with van der Waals surface area (Å²) in [6, 6.07) is 27.8. The Morgan fingerprint density at radius 1 is 0.786 bits per heavy atom. The van der Waals surface area contributed by atoms with Crippen molar-refractivity contribution < 1.29 is 32.2 Å². The summed E-state index contributed by atoms with van der Waals surface area (Å²) in [4.78, 5) is 12.4. The molecule has 1 amide bonds. The van der Waals surface area contributed by atoms with Crippen LogP contribution in [0.1, 0.15) is 30.5 Å². The predicted octanol–water partition coefficient (Wildman–Crippen LogP) is 4.59. The molecule has 1 fully saturated rings. The minimum absolute atomic E-state index is 0.0471. The lowest BCUT2D eigenvalue weighted by Gasteiger charge is -2.46. The molecule has 1 aliphatic rings. The van der Waals surface area contributed by atoms with E-state index in [4.69, 9.17) is 18.9 Å². The van der Waals surface area contributed by atoms with Crippen LogP contribution >= 0.6 is 0 Å². The van der Waals surface area contributed by atoms with Gasteiger partial charge in [0, 0.05) is 6.92 Å². The van der Waals surface area contributed by atoms with Crippen LogP contribution in [-0.4, -0.2) is 56.5 Å². The molecule has 0 spiro atoms. The number of hydrogen-bond acceptors (Lipinski definition) is 7. The highest BCUT2D eigenvalue weighted by Gasteiger charge is 2.52. The Morgan fingerprint density at radius 3 is 1.74 bits per heavy atom. The molecule has 1 unspecified atom stereocenters. The van der Waals surface area contributed by atoms with Crippen LogP contribution in [0.4, 0.5) is 0 Å². The van der Waals surface area contributed by atoms with Gasteiger partial charge in [0.2, 0.25) is 5.91 Å². The van der Waals surface area contributed by atoms with Gasteiger partial charge < -0.3 is 24.3 Å². The molecule has 0 aromatic heterocycles. The van der Waals surface area contributed by atoms with Gasteiger partial charge in [-0.05, 0) is 23.6 Å². The van der Waals surface area contributed by atoms with Gasteiger partial charge in [-0.2, -0.15) is 0 Å². The van der Waals surface area contributed by atoms with Crippen LogP contribution in [0, 0.1) is 0 Å². The number of carbonyl (C=O) groups excluding carboxylic acids is 1. The summed E-state index contributed by atoms with van der Waals surface area (Å²) in [6.45, 7) is 7.53. The molecule has 5 atom stereocenters. The minimum Gasteiger partial charge on any atom is -0.374 e. The summed E-state index contributed by atoms with van der Waals surface area (Å²) in [5.41, 5.74) is 1.85. The van der Waals surface area contributed by atoms with Gasteiger partial charge in [0.15, 0.2) is 15.3 Å². The first-order valence-electron chi connectivity index (χ1n) is 13.9. The molecule has 1 heterocycles. The second-order valence-electron chi connectivity index (χ2n) is 10.6. The van der Waals surface area contributed by atoms with E-state index in [1.807, 2.05) is 91.0 Å². The predicted molar refractivity (Wildman–Crippen MR) is 161 cm³/mol. The highest BCUT2D eigenvalue weighted by molar-refractivity contribution is 7.92. The van der Waals surface area contributed by atoms with Crippen molar-refractivity contribution in [1.82, 2.24) is 5.32 Å². The van der Waals surface area contributed by atoms with Crippen LogP contribution in [0.3, 0.4) is 0 Å². The van der Waals surface area contributed by atoms with E-state index in [1.54, 1.807) is 6.92 Å². The molecule has 42 heavy (non-hydrogen) atoms. The molecule has 0 aliphatic carbocycles. The molecule has 224 valence electrons. The Labute approximate surface area is 248 Å². The van der Waals surface area contributed by atoms with Crippen molar-refractivity contribution in [3.05, 3.63) is 120 Å². The Hall–Kier alpha value is -3.34. The third-order valence-electron chi connectivity index (χ3n) is 6.78. The average molecular weight is 594 g/mol. The van der Waals surface area contributed by atoms with Gasteiger partial charge in [-0.15, -0.1) is 0 Å². The topological polar surface area (TPSA) is 100 Å². The van der Waals surface area contributed by atoms with Crippen molar-refractivity contribution >= 4 is 15.7 Å². The third kappa shape index (κ3) is 9.08. The van der Waals surface area contributed by atoms with Crippen LogP contribution in [0.5, 0.6) is 0 Å². The van der Waals surface area contributed by atoms with Crippen molar-refractivity contribution in [3.8, 4) is 0 Å². The number of ether oxygens (including phenoxy) is 4. The Bertz CT molecular complexity index is 1380. The summed E-state index contributed by atoms with van der Waals surface area (Å²) in [5, 5.41) is 2.81. The van der Waals surface area contributed by atoms with E-state index in [1.165, 1.54) is 6.92 Å². The third-order valence-corrected chi connectivity index (χ3v) is 8.79. The Morgan fingerprint density at radius 2 is 1.26 bits per heavy atom. The summed E-state index contributed by atoms with van der Waals surface area (Å²) in [6.07, 6.45) is -2.45. The molecule has 3 aromatic carbocycles. The van der Waals surface area contributed by atoms with E-state index in [2.05, 4.69) is 11.9 Å². The first kappa shape index (κ1) is 31.6. The monoisotopic (exact) mass is 593 g/mol. The van der Waals surface area contributed by atoms with E-state index in [-0.39, 0.29) is 25.6 Å². The largest absolute Gasteiger partial charge is 0.374 e. The number of benzene rings is 3. The lowest BCUT2D eigenvalue weighted by molar-refractivity contribution is -0.217. The van der Waals surface area contributed by atoms with Crippen LogP contribution in [0.25, 0.3) is 0 Å². The van der Waals surface area contributed by atoms with Gasteiger partial charge in [-0.1, -0.05) is 103 Å². The number of sulfone groups is 1. The maximum atomic E-state index is 13.7. The fraction of sp³-hybridized carbons (Fsp3) is 0.364. The molecule has 0 radical (unpaired) electrons. The van der Waals surface area contributed by atoms with Gasteiger partial charge in [0.05, 0.1) is 38.2 Å². The Kier molecular flexibility index (Phi) is 11.5. The highest BCUT2D eigenvalue weighted by Crippen LogP contribution is 2.31. The molecule has 1 saturated heterocycles. The fourth-order valence-electron chi connectivity index (χ4n) is 4.96. The van der Waals surface area contributed by atoms with Crippen molar-refractivity contribution in [2.24, 2.45) is 0 Å². The van der Waals surface area contributed by atoms with E-state index >= 15 is 0 Å². The van der Waals surface area contributed by atoms with Crippen molar-refractivity contribution in [2.75, 3.05) is 12.4 Å². The first-order chi connectivity index (χ1) is 20.2. The first-order valence-corrected chi connectivity index (χ1v) is 15.7. The molecule has 1 N–H and O–H groups in total. The van der Waals surface area contributed by atoms with E-state index in [0.717, 1.165) is 16.7 Å².